The van der Waals surface area contributed by atoms with E-state index in [1.807, 2.05) is 24.0 Å². The molecule has 28 heavy (non-hydrogen) atoms. The van der Waals surface area contributed by atoms with E-state index in [0.29, 0.717) is 36.4 Å². The van der Waals surface area contributed by atoms with E-state index < -0.39 is 0 Å². The van der Waals surface area contributed by atoms with Crippen LogP contribution in [-0.4, -0.2) is 49.2 Å². The number of anilines is 1. The van der Waals surface area contributed by atoms with Crippen molar-refractivity contribution in [3.05, 3.63) is 29.3 Å². The molecule has 2 N–H and O–H groups in total. The summed E-state index contributed by atoms with van der Waals surface area (Å²) in [6.07, 6.45) is 7.24. The first kappa shape index (κ1) is 20.6. The number of ether oxygens (including phenoxy) is 1. The second kappa shape index (κ2) is 9.92. The van der Waals surface area contributed by atoms with Crippen LogP contribution in [0.4, 0.5) is 10.5 Å². The molecule has 0 spiro atoms. The molecule has 1 saturated carbocycles. The number of carbonyl (C=O) groups is 2. The minimum atomic E-state index is -0.304. The van der Waals surface area contributed by atoms with E-state index in [1.165, 1.54) is 19.3 Å². The standard InChI is InChI=1S/C22H33N3O3/c1-16-8-3-4-11-19(16)28-15-12-23-22(27)24-18-10-7-9-17(2)20(18)21(26)25-13-5-6-14-25/h7,9-10,16,19H,3-6,8,11-15H2,1-2H3,(H2,23,24,27)/t16-,19-/m1/s1. The summed E-state index contributed by atoms with van der Waals surface area (Å²) >= 11 is 0. The van der Waals surface area contributed by atoms with Gasteiger partial charge in [-0.1, -0.05) is 31.9 Å². The largest absolute Gasteiger partial charge is 0.376 e. The summed E-state index contributed by atoms with van der Waals surface area (Å²) < 4.78 is 5.94. The lowest BCUT2D eigenvalue weighted by Crippen LogP contribution is -2.35. The number of rotatable bonds is 6. The molecule has 1 aromatic carbocycles. The molecule has 2 atom stereocenters. The molecule has 0 aromatic heterocycles. The molecule has 2 aliphatic rings. The zero-order valence-corrected chi connectivity index (χ0v) is 17.1. The fourth-order valence-corrected chi connectivity index (χ4v) is 4.21. The van der Waals surface area contributed by atoms with Crippen LogP contribution in [0.25, 0.3) is 0 Å². The van der Waals surface area contributed by atoms with Gasteiger partial charge in [0.2, 0.25) is 0 Å². The fraction of sp³-hybridized carbons (Fsp3) is 0.636. The third-order valence-electron chi connectivity index (χ3n) is 5.88. The van der Waals surface area contributed by atoms with Gasteiger partial charge in [-0.25, -0.2) is 4.79 Å². The van der Waals surface area contributed by atoms with Gasteiger partial charge in [0.15, 0.2) is 0 Å². The molecule has 1 aromatic rings. The molecule has 1 saturated heterocycles. The first-order valence-electron chi connectivity index (χ1n) is 10.6. The average Bonchev–Trinajstić information content (AvgIpc) is 3.21. The third kappa shape index (κ3) is 5.25. The molecule has 6 nitrogen and oxygen atoms in total. The van der Waals surface area contributed by atoms with E-state index in [-0.39, 0.29) is 11.9 Å². The highest BCUT2D eigenvalue weighted by molar-refractivity contribution is 6.04. The minimum absolute atomic E-state index is 0.000481. The molecular formula is C22H33N3O3. The van der Waals surface area contributed by atoms with Crippen LogP contribution in [0.3, 0.4) is 0 Å². The summed E-state index contributed by atoms with van der Waals surface area (Å²) in [4.78, 5) is 27.1. The Labute approximate surface area is 168 Å². The van der Waals surface area contributed by atoms with Crippen molar-refractivity contribution < 1.29 is 14.3 Å². The first-order chi connectivity index (χ1) is 13.6. The van der Waals surface area contributed by atoms with E-state index in [1.54, 1.807) is 6.07 Å². The quantitative estimate of drug-likeness (QED) is 0.726. The lowest BCUT2D eigenvalue weighted by atomic mass is 9.88. The number of nitrogens with one attached hydrogen (secondary N) is 2. The maximum atomic E-state index is 12.9. The van der Waals surface area contributed by atoms with Crippen LogP contribution in [0.5, 0.6) is 0 Å². The highest BCUT2D eigenvalue weighted by Gasteiger charge is 2.24. The molecular weight excluding hydrogens is 354 g/mol. The molecule has 154 valence electrons. The smallest absolute Gasteiger partial charge is 0.319 e. The summed E-state index contributed by atoms with van der Waals surface area (Å²) in [7, 11) is 0. The number of benzene rings is 1. The monoisotopic (exact) mass is 387 g/mol. The Morgan fingerprint density at radius 2 is 1.89 bits per heavy atom. The summed E-state index contributed by atoms with van der Waals surface area (Å²) in [5, 5.41) is 5.69. The van der Waals surface area contributed by atoms with Gasteiger partial charge in [0.25, 0.3) is 5.91 Å². The van der Waals surface area contributed by atoms with Gasteiger partial charge >= 0.3 is 6.03 Å². The predicted molar refractivity (Wildman–Crippen MR) is 111 cm³/mol. The van der Waals surface area contributed by atoms with Crippen LogP contribution < -0.4 is 10.6 Å². The van der Waals surface area contributed by atoms with Crippen molar-refractivity contribution in [2.75, 3.05) is 31.6 Å². The normalized spacial score (nSPS) is 22.1. The molecule has 1 aliphatic carbocycles. The minimum Gasteiger partial charge on any atom is -0.376 e. The lowest BCUT2D eigenvalue weighted by molar-refractivity contribution is -0.00232. The molecule has 0 radical (unpaired) electrons. The number of aryl methyl sites for hydroxylation is 1. The molecule has 0 bridgehead atoms. The Kier molecular flexibility index (Phi) is 7.31. The van der Waals surface area contributed by atoms with Crippen LogP contribution in [0.2, 0.25) is 0 Å². The van der Waals surface area contributed by atoms with E-state index >= 15 is 0 Å². The van der Waals surface area contributed by atoms with Crippen molar-refractivity contribution in [1.82, 2.24) is 10.2 Å². The van der Waals surface area contributed by atoms with Gasteiger partial charge in [-0.05, 0) is 50.2 Å². The van der Waals surface area contributed by atoms with Crippen molar-refractivity contribution in [1.29, 1.82) is 0 Å². The van der Waals surface area contributed by atoms with Gasteiger partial charge in [-0.15, -0.1) is 0 Å². The number of hydrogen-bond acceptors (Lipinski definition) is 3. The highest BCUT2D eigenvalue weighted by Crippen LogP contribution is 2.26. The molecule has 1 aliphatic heterocycles. The van der Waals surface area contributed by atoms with Crippen molar-refractivity contribution in [3.8, 4) is 0 Å². The lowest BCUT2D eigenvalue weighted by Gasteiger charge is -2.28. The molecule has 0 unspecified atom stereocenters. The van der Waals surface area contributed by atoms with Gasteiger partial charge in [-0.3, -0.25) is 4.79 Å². The Hall–Kier alpha value is -2.08. The van der Waals surface area contributed by atoms with Gasteiger partial charge < -0.3 is 20.3 Å². The molecule has 3 rings (SSSR count). The number of hydrogen-bond donors (Lipinski definition) is 2. The Bertz CT molecular complexity index is 686. The van der Waals surface area contributed by atoms with E-state index in [2.05, 4.69) is 17.6 Å². The van der Waals surface area contributed by atoms with Gasteiger partial charge in [0.1, 0.15) is 0 Å². The topological polar surface area (TPSA) is 70.7 Å². The van der Waals surface area contributed by atoms with Crippen LogP contribution in [0, 0.1) is 12.8 Å². The SMILES string of the molecule is Cc1cccc(NC(=O)NCCO[C@@H]2CCCC[C@H]2C)c1C(=O)N1CCCC1. The van der Waals surface area contributed by atoms with Crippen LogP contribution in [-0.2, 0) is 4.74 Å². The van der Waals surface area contributed by atoms with Crippen molar-refractivity contribution in [3.63, 3.8) is 0 Å². The number of likely N-dealkylation sites (tertiary alicyclic amines) is 1. The average molecular weight is 388 g/mol. The second-order valence-electron chi connectivity index (χ2n) is 8.05. The van der Waals surface area contributed by atoms with Crippen LogP contribution in [0.1, 0.15) is 61.4 Å². The fourth-order valence-electron chi connectivity index (χ4n) is 4.21. The summed E-state index contributed by atoms with van der Waals surface area (Å²) in [6, 6.07) is 5.25. The van der Waals surface area contributed by atoms with Gasteiger partial charge in [0, 0.05) is 19.6 Å². The first-order valence-corrected chi connectivity index (χ1v) is 10.6. The number of carbonyl (C=O) groups excluding carboxylic acids is 2. The highest BCUT2D eigenvalue weighted by atomic mass is 16.5. The zero-order valence-electron chi connectivity index (χ0n) is 17.1. The Balaban J connectivity index is 1.51. The molecule has 2 fully saturated rings. The van der Waals surface area contributed by atoms with Crippen molar-refractivity contribution >= 4 is 17.6 Å². The molecule has 6 heteroatoms. The summed E-state index contributed by atoms with van der Waals surface area (Å²) in [6.45, 7) is 6.68. The molecule has 1 heterocycles. The van der Waals surface area contributed by atoms with E-state index in [9.17, 15) is 9.59 Å². The van der Waals surface area contributed by atoms with Gasteiger partial charge in [-0.2, -0.15) is 0 Å². The van der Waals surface area contributed by atoms with E-state index in [4.69, 9.17) is 4.74 Å². The Morgan fingerprint density at radius 1 is 1.14 bits per heavy atom. The number of amides is 3. The maximum Gasteiger partial charge on any atom is 0.319 e. The third-order valence-corrected chi connectivity index (χ3v) is 5.88. The Morgan fingerprint density at radius 3 is 2.64 bits per heavy atom. The van der Waals surface area contributed by atoms with E-state index in [0.717, 1.165) is 37.9 Å². The number of urea groups is 1. The zero-order chi connectivity index (χ0) is 19.9. The summed E-state index contributed by atoms with van der Waals surface area (Å²) in [5.41, 5.74) is 2.03. The van der Waals surface area contributed by atoms with Crippen LogP contribution in [0.15, 0.2) is 18.2 Å². The summed E-state index contributed by atoms with van der Waals surface area (Å²) in [5.74, 6) is 0.592. The second-order valence-corrected chi connectivity index (χ2v) is 8.05. The van der Waals surface area contributed by atoms with Crippen molar-refractivity contribution in [2.45, 2.75) is 58.5 Å². The maximum absolute atomic E-state index is 12.9. The number of nitrogens with zero attached hydrogens (tertiary/aromatic N) is 1. The van der Waals surface area contributed by atoms with Crippen molar-refractivity contribution in [2.24, 2.45) is 5.92 Å². The van der Waals surface area contributed by atoms with Gasteiger partial charge in [0.05, 0.1) is 24.0 Å². The predicted octanol–water partition coefficient (Wildman–Crippen LogP) is 3.95. The van der Waals surface area contributed by atoms with Crippen LogP contribution >= 0.6 is 0 Å². The molecule has 3 amide bonds.